The van der Waals surface area contributed by atoms with E-state index in [2.05, 4.69) is 10.2 Å². The average Bonchev–Trinajstić information content (AvgIpc) is 2.95. The van der Waals surface area contributed by atoms with Crippen LogP contribution in [0.2, 0.25) is 0 Å². The van der Waals surface area contributed by atoms with Gasteiger partial charge in [0.1, 0.15) is 0 Å². The number of aromatic nitrogens is 2. The maximum atomic E-state index is 11.2. The molecule has 0 atom stereocenters. The predicted molar refractivity (Wildman–Crippen MR) is 80.7 cm³/mol. The van der Waals surface area contributed by atoms with Crippen LogP contribution in [0.15, 0.2) is 43.7 Å². The van der Waals surface area contributed by atoms with E-state index in [1.54, 1.807) is 11.8 Å². The van der Waals surface area contributed by atoms with Gasteiger partial charge in [-0.15, -0.1) is 22.0 Å². The largest absolute Gasteiger partial charge is 0.544 e. The fraction of sp³-hybridized carbons (Fsp3) is 0.214. The van der Waals surface area contributed by atoms with Crippen LogP contribution >= 0.6 is 23.5 Å². The zero-order chi connectivity index (χ0) is 15.2. The summed E-state index contributed by atoms with van der Waals surface area (Å²) in [7, 11) is 0. The Balaban J connectivity index is 2.20. The summed E-state index contributed by atoms with van der Waals surface area (Å²) in [5, 5.41) is 19.0. The van der Waals surface area contributed by atoms with Crippen LogP contribution in [0.5, 0.6) is 0 Å². The molecule has 0 fully saturated rings. The van der Waals surface area contributed by atoms with E-state index in [1.165, 1.54) is 6.08 Å². The molecule has 0 aliphatic carbocycles. The van der Waals surface area contributed by atoms with E-state index in [0.717, 1.165) is 22.2 Å². The first-order valence-corrected chi connectivity index (χ1v) is 8.23. The molecular formula is C14H13N2O3S2-. The van der Waals surface area contributed by atoms with Gasteiger partial charge in [0.25, 0.3) is 5.22 Å². The SMILES string of the molecule is CCc1nnc(S/C(=C\c2ccc(SC)cc2)C(=O)[O-])o1. The van der Waals surface area contributed by atoms with Gasteiger partial charge >= 0.3 is 0 Å². The molecule has 2 rings (SSSR count). The van der Waals surface area contributed by atoms with Gasteiger partial charge in [-0.25, -0.2) is 0 Å². The molecule has 0 aliphatic heterocycles. The lowest BCUT2D eigenvalue weighted by molar-refractivity contribution is -0.298. The second-order valence-electron chi connectivity index (χ2n) is 3.99. The monoisotopic (exact) mass is 321 g/mol. The van der Waals surface area contributed by atoms with Crippen molar-refractivity contribution in [2.45, 2.75) is 23.5 Å². The second kappa shape index (κ2) is 7.33. The highest BCUT2D eigenvalue weighted by atomic mass is 32.2. The number of aryl methyl sites for hydroxylation is 1. The molecule has 0 unspecified atom stereocenters. The lowest BCUT2D eigenvalue weighted by atomic mass is 10.2. The maximum absolute atomic E-state index is 11.2. The fourth-order valence-corrected chi connectivity index (χ4v) is 2.59. The van der Waals surface area contributed by atoms with Gasteiger partial charge in [0.05, 0.1) is 5.97 Å². The number of benzene rings is 1. The van der Waals surface area contributed by atoms with Gasteiger partial charge in [0.2, 0.25) is 5.89 Å². The fourth-order valence-electron chi connectivity index (χ4n) is 1.50. The minimum atomic E-state index is -1.27. The number of carbonyl (C=O) groups is 1. The molecule has 0 bridgehead atoms. The molecule has 2 aromatic rings. The van der Waals surface area contributed by atoms with Crippen LogP contribution in [0.25, 0.3) is 6.08 Å². The van der Waals surface area contributed by atoms with Gasteiger partial charge in [-0.3, -0.25) is 0 Å². The minimum absolute atomic E-state index is 0.0261. The van der Waals surface area contributed by atoms with E-state index in [0.29, 0.717) is 12.3 Å². The lowest BCUT2D eigenvalue weighted by Crippen LogP contribution is -2.23. The van der Waals surface area contributed by atoms with Crippen molar-refractivity contribution in [3.63, 3.8) is 0 Å². The molecule has 0 aliphatic rings. The number of hydrogen-bond donors (Lipinski definition) is 0. The van der Waals surface area contributed by atoms with Gasteiger partial charge in [-0.05, 0) is 41.8 Å². The molecule has 0 saturated carbocycles. The molecule has 21 heavy (non-hydrogen) atoms. The van der Waals surface area contributed by atoms with Crippen LogP contribution in [0.4, 0.5) is 0 Å². The zero-order valence-corrected chi connectivity index (χ0v) is 13.2. The van der Waals surface area contributed by atoms with Crippen LogP contribution in [-0.2, 0) is 11.2 Å². The summed E-state index contributed by atoms with van der Waals surface area (Å²) in [6, 6.07) is 7.55. The molecule has 0 N–H and O–H groups in total. The molecular weight excluding hydrogens is 308 g/mol. The highest BCUT2D eigenvalue weighted by molar-refractivity contribution is 8.03. The number of thioether (sulfide) groups is 2. The summed E-state index contributed by atoms with van der Waals surface area (Å²) in [6.07, 6.45) is 4.11. The van der Waals surface area contributed by atoms with Crippen molar-refractivity contribution in [1.29, 1.82) is 0 Å². The maximum Gasteiger partial charge on any atom is 0.281 e. The van der Waals surface area contributed by atoms with E-state index in [-0.39, 0.29) is 10.1 Å². The number of carboxylic acids is 1. The normalized spacial score (nSPS) is 11.6. The third-order valence-electron chi connectivity index (χ3n) is 2.56. The first-order valence-electron chi connectivity index (χ1n) is 6.19. The number of nitrogens with zero attached hydrogens (tertiary/aromatic N) is 2. The number of carboxylic acid groups (broad SMARTS) is 1. The summed E-state index contributed by atoms with van der Waals surface area (Å²) >= 11 is 2.51. The Labute approximate surface area is 130 Å². The van der Waals surface area contributed by atoms with Crippen molar-refractivity contribution in [2.24, 2.45) is 0 Å². The Kier molecular flexibility index (Phi) is 5.46. The standard InChI is InChI=1S/C14H14N2O3S2/c1-3-12-15-16-14(19-12)21-11(13(17)18)8-9-4-6-10(20-2)7-5-9/h4-8H,3H2,1-2H3,(H,17,18)/p-1/b11-8-. The third-order valence-corrected chi connectivity index (χ3v) is 4.15. The molecule has 1 aromatic heterocycles. The molecule has 0 spiro atoms. The van der Waals surface area contributed by atoms with Crippen LogP contribution in [0.1, 0.15) is 18.4 Å². The second-order valence-corrected chi connectivity index (χ2v) is 5.86. The van der Waals surface area contributed by atoms with Gasteiger partial charge in [0.15, 0.2) is 0 Å². The van der Waals surface area contributed by atoms with Crippen molar-refractivity contribution < 1.29 is 14.3 Å². The first-order chi connectivity index (χ1) is 10.1. The zero-order valence-electron chi connectivity index (χ0n) is 11.5. The quantitative estimate of drug-likeness (QED) is 0.596. The first kappa shape index (κ1) is 15.7. The summed E-state index contributed by atoms with van der Waals surface area (Å²) in [5.41, 5.74) is 0.773. The van der Waals surface area contributed by atoms with Gasteiger partial charge in [-0.1, -0.05) is 19.1 Å². The lowest BCUT2D eigenvalue weighted by Gasteiger charge is -2.05. The molecule has 110 valence electrons. The minimum Gasteiger partial charge on any atom is -0.544 e. The van der Waals surface area contributed by atoms with Crippen LogP contribution in [0.3, 0.4) is 0 Å². The van der Waals surface area contributed by atoms with Crippen molar-refractivity contribution in [3.8, 4) is 0 Å². The van der Waals surface area contributed by atoms with Gasteiger partial charge in [-0.2, -0.15) is 0 Å². The smallest absolute Gasteiger partial charge is 0.281 e. The third kappa shape index (κ3) is 4.37. The summed E-state index contributed by atoms with van der Waals surface area (Å²) in [6.45, 7) is 1.88. The number of hydrogen-bond acceptors (Lipinski definition) is 7. The van der Waals surface area contributed by atoms with Crippen molar-refractivity contribution in [3.05, 3.63) is 40.6 Å². The van der Waals surface area contributed by atoms with Crippen molar-refractivity contribution in [1.82, 2.24) is 10.2 Å². The van der Waals surface area contributed by atoms with E-state index in [9.17, 15) is 9.90 Å². The molecule has 1 aromatic carbocycles. The predicted octanol–water partition coefficient (Wildman–Crippen LogP) is 2.24. The van der Waals surface area contributed by atoms with Crippen LogP contribution in [0, 0.1) is 0 Å². The van der Waals surface area contributed by atoms with Crippen LogP contribution < -0.4 is 5.11 Å². The number of carbonyl (C=O) groups excluding carboxylic acids is 1. The Morgan fingerprint density at radius 3 is 2.57 bits per heavy atom. The van der Waals surface area contributed by atoms with E-state index in [1.807, 2.05) is 37.4 Å². The van der Waals surface area contributed by atoms with Gasteiger partial charge in [0, 0.05) is 16.2 Å². The summed E-state index contributed by atoms with van der Waals surface area (Å²) in [5.74, 6) is -0.801. The molecule has 0 saturated heterocycles. The highest BCUT2D eigenvalue weighted by Crippen LogP contribution is 2.27. The molecule has 0 radical (unpaired) electrons. The molecule has 1 heterocycles. The van der Waals surface area contributed by atoms with E-state index >= 15 is 0 Å². The average molecular weight is 321 g/mol. The van der Waals surface area contributed by atoms with Crippen molar-refractivity contribution >= 4 is 35.6 Å². The van der Waals surface area contributed by atoms with Crippen LogP contribution in [-0.4, -0.2) is 22.4 Å². The van der Waals surface area contributed by atoms with E-state index < -0.39 is 5.97 Å². The highest BCUT2D eigenvalue weighted by Gasteiger charge is 2.09. The van der Waals surface area contributed by atoms with E-state index in [4.69, 9.17) is 4.42 Å². The topological polar surface area (TPSA) is 79.0 Å². The Hall–Kier alpha value is -1.73. The number of aliphatic carboxylic acids is 1. The molecule has 5 nitrogen and oxygen atoms in total. The van der Waals surface area contributed by atoms with Gasteiger partial charge < -0.3 is 14.3 Å². The Morgan fingerprint density at radius 2 is 2.05 bits per heavy atom. The Bertz CT molecular complexity index is 650. The Morgan fingerprint density at radius 1 is 1.33 bits per heavy atom. The summed E-state index contributed by atoms with van der Waals surface area (Å²) in [4.78, 5) is 12.4. The molecule has 7 heteroatoms. The van der Waals surface area contributed by atoms with Crippen molar-refractivity contribution in [2.75, 3.05) is 6.26 Å². The number of rotatable bonds is 6. The molecule has 0 amide bonds. The summed E-state index contributed by atoms with van der Waals surface area (Å²) < 4.78 is 5.29.